The van der Waals surface area contributed by atoms with Gasteiger partial charge in [0.2, 0.25) is 0 Å². The SMILES string of the molecule is CO/C=C(/C[Si](C)(C)c1ccccc1)B1OC(C)(C)C(C)(C)O1. The van der Waals surface area contributed by atoms with Crippen LogP contribution in [0.2, 0.25) is 19.1 Å². The van der Waals surface area contributed by atoms with Gasteiger partial charge >= 0.3 is 7.12 Å². The quantitative estimate of drug-likeness (QED) is 0.607. The lowest BCUT2D eigenvalue weighted by molar-refractivity contribution is 0.00578. The summed E-state index contributed by atoms with van der Waals surface area (Å²) in [7, 11) is -0.303. The lowest BCUT2D eigenvalue weighted by Crippen LogP contribution is -2.43. The molecule has 126 valence electrons. The third-order valence-corrected chi connectivity index (χ3v) is 8.21. The molecule has 3 nitrogen and oxygen atoms in total. The van der Waals surface area contributed by atoms with Gasteiger partial charge in [-0.1, -0.05) is 48.6 Å². The molecule has 0 saturated carbocycles. The highest BCUT2D eigenvalue weighted by atomic mass is 28.3. The van der Waals surface area contributed by atoms with Crippen molar-refractivity contribution >= 4 is 20.4 Å². The van der Waals surface area contributed by atoms with Gasteiger partial charge in [-0.15, -0.1) is 0 Å². The highest BCUT2D eigenvalue weighted by molar-refractivity contribution is 6.91. The van der Waals surface area contributed by atoms with E-state index in [9.17, 15) is 0 Å². The Morgan fingerprint density at radius 3 is 2.09 bits per heavy atom. The number of ether oxygens (including phenoxy) is 1. The summed E-state index contributed by atoms with van der Waals surface area (Å²) in [5.74, 6) is 0. The maximum absolute atomic E-state index is 6.21. The number of hydrogen-bond donors (Lipinski definition) is 0. The van der Waals surface area contributed by atoms with E-state index in [0.717, 1.165) is 11.5 Å². The van der Waals surface area contributed by atoms with E-state index in [0.29, 0.717) is 0 Å². The van der Waals surface area contributed by atoms with Crippen molar-refractivity contribution in [3.05, 3.63) is 42.1 Å². The largest absolute Gasteiger partial charge is 0.505 e. The van der Waals surface area contributed by atoms with E-state index in [1.165, 1.54) is 5.19 Å². The van der Waals surface area contributed by atoms with Crippen molar-refractivity contribution in [1.29, 1.82) is 0 Å². The van der Waals surface area contributed by atoms with E-state index in [-0.39, 0.29) is 18.3 Å². The Morgan fingerprint density at radius 1 is 1.09 bits per heavy atom. The molecule has 1 saturated heterocycles. The van der Waals surface area contributed by atoms with E-state index in [2.05, 4.69) is 71.1 Å². The molecule has 23 heavy (non-hydrogen) atoms. The van der Waals surface area contributed by atoms with Crippen LogP contribution >= 0.6 is 0 Å². The molecule has 0 atom stereocenters. The van der Waals surface area contributed by atoms with Gasteiger partial charge in [0.1, 0.15) is 0 Å². The van der Waals surface area contributed by atoms with Gasteiger partial charge in [0, 0.05) is 0 Å². The van der Waals surface area contributed by atoms with Gasteiger partial charge in [0.05, 0.1) is 32.6 Å². The smallest absolute Gasteiger partial charge is 0.493 e. The van der Waals surface area contributed by atoms with Gasteiger partial charge in [0.25, 0.3) is 0 Å². The Kier molecular flexibility index (Phi) is 5.14. The molecule has 1 heterocycles. The van der Waals surface area contributed by atoms with Gasteiger partial charge < -0.3 is 14.0 Å². The van der Waals surface area contributed by atoms with E-state index < -0.39 is 8.07 Å². The minimum atomic E-state index is -1.65. The third kappa shape index (κ3) is 3.90. The summed E-state index contributed by atoms with van der Waals surface area (Å²) in [4.78, 5) is 0. The number of methoxy groups -OCH3 is 1. The normalized spacial score (nSPS) is 20.7. The van der Waals surface area contributed by atoms with Gasteiger partial charge in [-0.3, -0.25) is 0 Å². The molecular formula is C18H29BO3Si. The van der Waals surface area contributed by atoms with Crippen molar-refractivity contribution < 1.29 is 14.0 Å². The first kappa shape index (κ1) is 18.3. The maximum atomic E-state index is 6.21. The predicted octanol–water partition coefficient (Wildman–Crippen LogP) is 3.76. The number of benzene rings is 1. The molecule has 5 heteroatoms. The topological polar surface area (TPSA) is 27.7 Å². The summed E-state index contributed by atoms with van der Waals surface area (Å²) in [6.07, 6.45) is 1.81. The Balaban J connectivity index is 2.23. The third-order valence-electron chi connectivity index (χ3n) is 5.03. The average Bonchev–Trinajstić information content (AvgIpc) is 2.68. The molecule has 2 rings (SSSR count). The Hall–Kier alpha value is -1.04. The number of allylic oxidation sites excluding steroid dienone is 1. The molecule has 0 radical (unpaired) electrons. The highest BCUT2D eigenvalue weighted by Crippen LogP contribution is 2.39. The van der Waals surface area contributed by atoms with Crippen molar-refractivity contribution in [3.8, 4) is 0 Å². The second-order valence-corrected chi connectivity index (χ2v) is 12.6. The van der Waals surface area contributed by atoms with E-state index in [4.69, 9.17) is 14.0 Å². The Labute approximate surface area is 142 Å². The summed E-state index contributed by atoms with van der Waals surface area (Å²) in [6.45, 7) is 13.1. The van der Waals surface area contributed by atoms with Crippen molar-refractivity contribution in [2.24, 2.45) is 0 Å². The van der Waals surface area contributed by atoms with Crippen LogP contribution in [0.25, 0.3) is 0 Å². The zero-order valence-electron chi connectivity index (χ0n) is 15.5. The molecule has 1 aromatic carbocycles. The van der Waals surface area contributed by atoms with Crippen LogP contribution in [0.5, 0.6) is 0 Å². The van der Waals surface area contributed by atoms with Crippen LogP contribution in [0.3, 0.4) is 0 Å². The van der Waals surface area contributed by atoms with Crippen LogP contribution in [-0.4, -0.2) is 33.5 Å². The molecule has 1 aliphatic heterocycles. The first-order valence-electron chi connectivity index (χ1n) is 8.22. The van der Waals surface area contributed by atoms with Crippen LogP contribution in [-0.2, 0) is 14.0 Å². The fraction of sp³-hybridized carbons (Fsp3) is 0.556. The molecule has 0 spiro atoms. The second-order valence-electron chi connectivity index (χ2n) is 7.94. The molecule has 0 aromatic heterocycles. The number of rotatable bonds is 5. The molecule has 0 unspecified atom stereocenters. The van der Waals surface area contributed by atoms with Crippen LogP contribution in [0, 0.1) is 0 Å². The monoisotopic (exact) mass is 332 g/mol. The van der Waals surface area contributed by atoms with Crippen LogP contribution in [0.15, 0.2) is 42.1 Å². The van der Waals surface area contributed by atoms with E-state index in [1.54, 1.807) is 13.4 Å². The van der Waals surface area contributed by atoms with Crippen molar-refractivity contribution in [2.45, 2.75) is 58.0 Å². The van der Waals surface area contributed by atoms with Crippen molar-refractivity contribution in [1.82, 2.24) is 0 Å². The molecular weight excluding hydrogens is 303 g/mol. The highest BCUT2D eigenvalue weighted by Gasteiger charge is 2.53. The van der Waals surface area contributed by atoms with Gasteiger partial charge in [0.15, 0.2) is 0 Å². The summed E-state index contributed by atoms with van der Waals surface area (Å²) in [5.41, 5.74) is 0.429. The second kappa shape index (κ2) is 6.46. The summed E-state index contributed by atoms with van der Waals surface area (Å²) >= 11 is 0. The number of hydrogen-bond acceptors (Lipinski definition) is 3. The summed E-state index contributed by atoms with van der Waals surface area (Å²) < 4.78 is 17.8. The fourth-order valence-corrected chi connectivity index (χ4v) is 5.40. The molecule has 0 aliphatic carbocycles. The molecule has 0 N–H and O–H groups in total. The van der Waals surface area contributed by atoms with Crippen molar-refractivity contribution in [2.75, 3.05) is 7.11 Å². The standard InChI is InChI=1S/C18H29BO3Si/c1-17(2)18(3,4)22-19(21-17)15(13-20-5)14-23(6,7)16-11-9-8-10-12-16/h8-13H,14H2,1-7H3/b15-13-. The molecule has 1 fully saturated rings. The summed E-state index contributed by atoms with van der Waals surface area (Å²) in [6, 6.07) is 11.7. The average molecular weight is 332 g/mol. The minimum absolute atomic E-state index is 0.330. The Morgan fingerprint density at radius 2 is 1.61 bits per heavy atom. The summed E-state index contributed by atoms with van der Waals surface area (Å²) in [5, 5.41) is 1.43. The van der Waals surface area contributed by atoms with Gasteiger partial charge in [-0.25, -0.2) is 0 Å². The molecule has 0 bridgehead atoms. The van der Waals surface area contributed by atoms with E-state index >= 15 is 0 Å². The van der Waals surface area contributed by atoms with Crippen LogP contribution in [0.1, 0.15) is 27.7 Å². The zero-order valence-corrected chi connectivity index (χ0v) is 16.5. The Bertz CT molecular complexity index is 551. The maximum Gasteiger partial charge on any atom is 0.493 e. The first-order chi connectivity index (χ1) is 10.6. The van der Waals surface area contributed by atoms with Gasteiger partial charge in [-0.2, -0.15) is 0 Å². The predicted molar refractivity (Wildman–Crippen MR) is 99.5 cm³/mol. The lowest BCUT2D eigenvalue weighted by atomic mass is 9.80. The van der Waals surface area contributed by atoms with Gasteiger partial charge in [-0.05, 0) is 39.2 Å². The molecule has 1 aliphatic rings. The lowest BCUT2D eigenvalue weighted by Gasteiger charge is -2.32. The van der Waals surface area contributed by atoms with Crippen LogP contribution < -0.4 is 5.19 Å². The zero-order chi connectivity index (χ0) is 17.3. The first-order valence-corrected chi connectivity index (χ1v) is 11.4. The minimum Gasteiger partial charge on any atom is -0.505 e. The molecule has 1 aromatic rings. The van der Waals surface area contributed by atoms with Crippen molar-refractivity contribution in [3.63, 3.8) is 0 Å². The molecule has 0 amide bonds. The van der Waals surface area contributed by atoms with Crippen LogP contribution in [0.4, 0.5) is 0 Å². The fourth-order valence-electron chi connectivity index (χ4n) is 2.83. The van der Waals surface area contributed by atoms with E-state index in [1.807, 2.05) is 0 Å².